The van der Waals surface area contributed by atoms with Gasteiger partial charge in [-0.3, -0.25) is 14.7 Å². The van der Waals surface area contributed by atoms with E-state index in [1.54, 1.807) is 0 Å². The van der Waals surface area contributed by atoms with Crippen LogP contribution in [0.4, 0.5) is 0 Å². The van der Waals surface area contributed by atoms with Crippen molar-refractivity contribution in [2.75, 3.05) is 33.2 Å². The van der Waals surface area contributed by atoms with Crippen LogP contribution in [0.25, 0.3) is 44.3 Å². The maximum absolute atomic E-state index is 4.66. The lowest BCUT2D eigenvalue weighted by atomic mass is 9.86. The van der Waals surface area contributed by atoms with E-state index in [1.165, 1.54) is 50.0 Å². The number of likely N-dealkylation sites (tertiary alicyclic amines) is 2. The molecule has 7 nitrogen and oxygen atoms in total. The molecule has 2 N–H and O–H groups in total. The third-order valence-electron chi connectivity index (χ3n) is 8.09. The molecule has 5 aromatic rings. The first kappa shape index (κ1) is 20.9. The van der Waals surface area contributed by atoms with Gasteiger partial charge in [0, 0.05) is 54.7 Å². The summed E-state index contributed by atoms with van der Waals surface area (Å²) in [4.78, 5) is 8.74. The summed E-state index contributed by atoms with van der Waals surface area (Å²) in [7, 11) is 4.20. The molecule has 0 saturated carbocycles. The number of fused-ring (bicyclic) bond motifs is 2. The smallest absolute Gasteiger partial charge is 0.116 e. The second-order valence-corrected chi connectivity index (χ2v) is 10.8. The largest absolute Gasteiger partial charge is 0.353 e. The summed E-state index contributed by atoms with van der Waals surface area (Å²) in [6.45, 7) is 5.97. The summed E-state index contributed by atoms with van der Waals surface area (Å²) in [6, 6.07) is 15.5. The Hall–Kier alpha value is -3.42. The van der Waals surface area contributed by atoms with E-state index in [1.807, 2.05) is 24.1 Å². The first-order chi connectivity index (χ1) is 17.0. The van der Waals surface area contributed by atoms with Gasteiger partial charge < -0.3 is 9.88 Å². The van der Waals surface area contributed by atoms with Crippen molar-refractivity contribution >= 4 is 21.8 Å². The zero-order valence-electron chi connectivity index (χ0n) is 20.4. The molecule has 2 fully saturated rings. The first-order valence-electron chi connectivity index (χ1n) is 12.5. The highest BCUT2D eigenvalue weighted by Crippen LogP contribution is 2.39. The molecule has 178 valence electrons. The number of hydrogen-bond donors (Lipinski definition) is 2. The van der Waals surface area contributed by atoms with Crippen molar-refractivity contribution in [1.29, 1.82) is 0 Å². The Kier molecular flexibility index (Phi) is 4.66. The van der Waals surface area contributed by atoms with Gasteiger partial charge in [0.1, 0.15) is 5.69 Å². The van der Waals surface area contributed by atoms with Crippen LogP contribution in [-0.4, -0.2) is 68.0 Å². The van der Waals surface area contributed by atoms with Gasteiger partial charge >= 0.3 is 0 Å². The van der Waals surface area contributed by atoms with Crippen LogP contribution in [-0.2, 0) is 13.6 Å². The van der Waals surface area contributed by atoms with Crippen LogP contribution < -0.4 is 0 Å². The predicted octanol–water partition coefficient (Wildman–Crippen LogP) is 4.64. The number of benzene rings is 2. The zero-order chi connectivity index (χ0) is 23.6. The van der Waals surface area contributed by atoms with Crippen molar-refractivity contribution in [3.63, 3.8) is 0 Å². The molecule has 1 atom stereocenters. The van der Waals surface area contributed by atoms with E-state index in [4.69, 9.17) is 0 Å². The number of hydrogen-bond acceptors (Lipinski definition) is 4. The molecule has 1 unspecified atom stereocenters. The van der Waals surface area contributed by atoms with Gasteiger partial charge in [-0.1, -0.05) is 12.1 Å². The molecule has 2 aliphatic heterocycles. The molecule has 35 heavy (non-hydrogen) atoms. The lowest BCUT2D eigenvalue weighted by Crippen LogP contribution is -2.29. The quantitative estimate of drug-likeness (QED) is 0.406. The number of nitrogens with zero attached hydrogens (tertiary/aromatic N) is 5. The molecular weight excluding hydrogens is 434 g/mol. The fourth-order valence-corrected chi connectivity index (χ4v) is 6.29. The van der Waals surface area contributed by atoms with Crippen LogP contribution in [0.3, 0.4) is 0 Å². The van der Waals surface area contributed by atoms with Crippen LogP contribution in [0.1, 0.15) is 18.4 Å². The topological polar surface area (TPSA) is 68.8 Å². The molecule has 1 spiro atoms. The van der Waals surface area contributed by atoms with E-state index in [9.17, 15) is 0 Å². The van der Waals surface area contributed by atoms with E-state index in [0.29, 0.717) is 5.41 Å². The number of aryl methyl sites for hydroxylation is 1. The maximum atomic E-state index is 4.66. The standard InChI is InChI=1S/C28H31N7/c1-33-9-7-28(17-33)8-10-35(18-28)15-19-3-5-24-21(11-19)13-26(30-24)27-23-12-20(4-6-25(23)31-32-27)22-14-29-34(2)16-22/h3-6,11-14,16,30H,7-10,15,17-18H2,1-2H3,(H,31,32). The number of H-pyrrole nitrogens is 2. The molecule has 0 aliphatic carbocycles. The molecule has 7 heteroatoms. The van der Waals surface area contributed by atoms with Crippen molar-refractivity contribution in [2.24, 2.45) is 12.5 Å². The summed E-state index contributed by atoms with van der Waals surface area (Å²) in [6.07, 6.45) is 6.62. The SMILES string of the molecule is CN1CCC2(CCN(Cc3ccc4[nH]c(-c5n[nH]c6ccc(-c7cnn(C)c7)cc56)cc4c3)C2)C1. The Bertz CT molecular complexity index is 1540. The summed E-state index contributed by atoms with van der Waals surface area (Å²) in [5.74, 6) is 0. The number of rotatable bonds is 4. The average Bonchev–Trinajstić information content (AvgIpc) is 3.66. The number of aromatic nitrogens is 5. The van der Waals surface area contributed by atoms with E-state index >= 15 is 0 Å². The Labute approximate surface area is 204 Å². The molecule has 5 heterocycles. The van der Waals surface area contributed by atoms with Gasteiger partial charge in [0.05, 0.1) is 17.4 Å². The second kappa shape index (κ2) is 7.80. The van der Waals surface area contributed by atoms with E-state index in [-0.39, 0.29) is 0 Å². The minimum absolute atomic E-state index is 0.524. The summed E-state index contributed by atoms with van der Waals surface area (Å²) in [5.41, 5.74) is 8.34. The Morgan fingerprint density at radius 1 is 0.943 bits per heavy atom. The number of nitrogens with one attached hydrogen (secondary N) is 2. The highest BCUT2D eigenvalue weighted by atomic mass is 15.2. The maximum Gasteiger partial charge on any atom is 0.116 e. The Morgan fingerprint density at radius 3 is 2.66 bits per heavy atom. The van der Waals surface area contributed by atoms with E-state index in [2.05, 4.69) is 79.6 Å². The molecule has 2 aromatic carbocycles. The highest BCUT2D eigenvalue weighted by molar-refractivity contribution is 5.97. The molecule has 0 bridgehead atoms. The van der Waals surface area contributed by atoms with Crippen LogP contribution >= 0.6 is 0 Å². The first-order valence-corrected chi connectivity index (χ1v) is 12.5. The fourth-order valence-electron chi connectivity index (χ4n) is 6.29. The highest BCUT2D eigenvalue weighted by Gasteiger charge is 2.42. The predicted molar refractivity (Wildman–Crippen MR) is 140 cm³/mol. The van der Waals surface area contributed by atoms with Crippen LogP contribution in [0, 0.1) is 5.41 Å². The molecule has 2 aliphatic rings. The van der Waals surface area contributed by atoms with Gasteiger partial charge in [-0.25, -0.2) is 0 Å². The zero-order valence-corrected chi connectivity index (χ0v) is 20.4. The van der Waals surface area contributed by atoms with Crippen LogP contribution in [0.15, 0.2) is 54.9 Å². The van der Waals surface area contributed by atoms with Gasteiger partial charge in [0.25, 0.3) is 0 Å². The lowest BCUT2D eigenvalue weighted by molar-refractivity contribution is 0.250. The van der Waals surface area contributed by atoms with E-state index < -0.39 is 0 Å². The fraction of sp³-hybridized carbons (Fsp3) is 0.357. The van der Waals surface area contributed by atoms with Gasteiger partial charge in [-0.2, -0.15) is 10.2 Å². The molecular formula is C28H31N7. The minimum atomic E-state index is 0.524. The van der Waals surface area contributed by atoms with E-state index in [0.717, 1.165) is 45.5 Å². The molecule has 0 amide bonds. The van der Waals surface area contributed by atoms with Crippen LogP contribution in [0.5, 0.6) is 0 Å². The summed E-state index contributed by atoms with van der Waals surface area (Å²) in [5, 5.41) is 14.5. The summed E-state index contributed by atoms with van der Waals surface area (Å²) >= 11 is 0. The van der Waals surface area contributed by atoms with Crippen LogP contribution in [0.2, 0.25) is 0 Å². The van der Waals surface area contributed by atoms with Gasteiger partial charge in [-0.05, 0) is 79.9 Å². The van der Waals surface area contributed by atoms with Crippen molar-refractivity contribution in [3.8, 4) is 22.5 Å². The monoisotopic (exact) mass is 465 g/mol. The second-order valence-electron chi connectivity index (χ2n) is 10.8. The van der Waals surface area contributed by atoms with Gasteiger partial charge in [0.15, 0.2) is 0 Å². The Morgan fingerprint density at radius 2 is 1.83 bits per heavy atom. The Balaban J connectivity index is 1.17. The van der Waals surface area contributed by atoms with Crippen molar-refractivity contribution in [2.45, 2.75) is 19.4 Å². The molecule has 3 aromatic heterocycles. The van der Waals surface area contributed by atoms with Gasteiger partial charge in [0.2, 0.25) is 0 Å². The van der Waals surface area contributed by atoms with Crippen molar-refractivity contribution in [3.05, 3.63) is 60.4 Å². The van der Waals surface area contributed by atoms with Crippen molar-refractivity contribution < 1.29 is 0 Å². The molecule has 0 radical (unpaired) electrons. The molecule has 7 rings (SSSR count). The third-order valence-corrected chi connectivity index (χ3v) is 8.09. The van der Waals surface area contributed by atoms with Crippen molar-refractivity contribution in [1.82, 2.24) is 34.8 Å². The number of aromatic amines is 2. The normalized spacial score (nSPS) is 21.3. The third kappa shape index (κ3) is 3.66. The minimum Gasteiger partial charge on any atom is -0.353 e. The van der Waals surface area contributed by atoms with Gasteiger partial charge in [-0.15, -0.1) is 0 Å². The lowest BCUT2D eigenvalue weighted by Gasteiger charge is -2.24. The molecule has 2 saturated heterocycles. The summed E-state index contributed by atoms with van der Waals surface area (Å²) < 4.78 is 1.83. The average molecular weight is 466 g/mol.